The summed E-state index contributed by atoms with van der Waals surface area (Å²) in [6.07, 6.45) is 5.33. The van der Waals surface area contributed by atoms with Crippen LogP contribution in [0, 0.1) is 5.92 Å². The van der Waals surface area contributed by atoms with Crippen LogP contribution >= 0.6 is 11.6 Å². The van der Waals surface area contributed by atoms with Gasteiger partial charge in [-0.25, -0.2) is 9.97 Å². The third-order valence-electron chi connectivity index (χ3n) is 6.18. The van der Waals surface area contributed by atoms with Crippen molar-refractivity contribution in [2.45, 2.75) is 33.1 Å². The molecule has 0 atom stereocenters. The molecule has 35 heavy (non-hydrogen) atoms. The number of hydrogen-bond donors (Lipinski definition) is 3. The third-order valence-corrected chi connectivity index (χ3v) is 6.45. The second-order valence-corrected chi connectivity index (χ2v) is 9.57. The van der Waals surface area contributed by atoms with E-state index >= 15 is 0 Å². The summed E-state index contributed by atoms with van der Waals surface area (Å²) in [6.45, 7) is 8.35. The van der Waals surface area contributed by atoms with E-state index in [1.807, 2.05) is 36.4 Å². The van der Waals surface area contributed by atoms with E-state index in [-0.39, 0.29) is 5.91 Å². The number of anilines is 4. The van der Waals surface area contributed by atoms with Crippen molar-refractivity contribution in [2.24, 2.45) is 5.92 Å². The van der Waals surface area contributed by atoms with Gasteiger partial charge in [-0.3, -0.25) is 4.79 Å². The number of carbonyl (C=O) groups excluding carboxylic acids is 1. The number of nitrogens with zero attached hydrogens (tertiary/aromatic N) is 3. The quantitative estimate of drug-likeness (QED) is 0.316. The van der Waals surface area contributed by atoms with Gasteiger partial charge in [-0.2, -0.15) is 0 Å². The van der Waals surface area contributed by atoms with Crippen LogP contribution in [0.3, 0.4) is 0 Å². The molecule has 0 saturated carbocycles. The summed E-state index contributed by atoms with van der Waals surface area (Å²) in [5, 5.41) is 10.0. The lowest BCUT2D eigenvalue weighted by Crippen LogP contribution is -2.34. The van der Waals surface area contributed by atoms with Gasteiger partial charge in [0.2, 0.25) is 11.9 Å². The lowest BCUT2D eigenvalue weighted by atomic mass is 9.99. The van der Waals surface area contributed by atoms with Gasteiger partial charge in [0.25, 0.3) is 0 Å². The van der Waals surface area contributed by atoms with Gasteiger partial charge >= 0.3 is 0 Å². The third kappa shape index (κ3) is 7.41. The highest BCUT2D eigenvalue weighted by Crippen LogP contribution is 2.29. The van der Waals surface area contributed by atoms with Crippen molar-refractivity contribution in [3.63, 3.8) is 0 Å². The van der Waals surface area contributed by atoms with E-state index in [9.17, 15) is 4.79 Å². The van der Waals surface area contributed by atoms with Crippen LogP contribution in [0.15, 0.2) is 54.7 Å². The van der Waals surface area contributed by atoms with Gasteiger partial charge in [0.15, 0.2) is 0 Å². The van der Waals surface area contributed by atoms with Crippen LogP contribution in [-0.4, -0.2) is 47.0 Å². The maximum Gasteiger partial charge on any atom is 0.227 e. The molecule has 1 saturated heterocycles. The van der Waals surface area contributed by atoms with Gasteiger partial charge in [0.1, 0.15) is 0 Å². The second-order valence-electron chi connectivity index (χ2n) is 9.16. The number of amides is 1. The zero-order chi connectivity index (χ0) is 24.6. The molecule has 2 aromatic carbocycles. The molecule has 8 heteroatoms. The number of hydrogen-bond acceptors (Lipinski definition) is 6. The zero-order valence-electron chi connectivity index (χ0n) is 20.4. The normalized spacial score (nSPS) is 14.5. The molecule has 4 rings (SSSR count). The Morgan fingerprint density at radius 3 is 2.63 bits per heavy atom. The van der Waals surface area contributed by atoms with E-state index in [0.717, 1.165) is 42.4 Å². The molecule has 0 spiro atoms. The maximum atomic E-state index is 11.4. The number of nitrogens with one attached hydrogen (secondary N) is 3. The number of carbonyl (C=O) groups is 1. The topological polar surface area (TPSA) is 82.2 Å². The molecule has 0 unspecified atom stereocenters. The summed E-state index contributed by atoms with van der Waals surface area (Å²) in [4.78, 5) is 22.9. The van der Waals surface area contributed by atoms with Crippen molar-refractivity contribution < 1.29 is 4.79 Å². The summed E-state index contributed by atoms with van der Waals surface area (Å²) in [5.74, 6) is 1.19. The highest BCUT2D eigenvalue weighted by Gasteiger charge is 2.14. The predicted molar refractivity (Wildman–Crippen MR) is 144 cm³/mol. The Balaban J connectivity index is 1.36. The first-order valence-electron chi connectivity index (χ1n) is 12.2. The Hall–Kier alpha value is -3.16. The molecule has 1 aliphatic rings. The van der Waals surface area contributed by atoms with Crippen LogP contribution in [0.25, 0.3) is 11.3 Å². The molecule has 1 amide bonds. The largest absolute Gasteiger partial charge is 0.385 e. The van der Waals surface area contributed by atoms with Crippen LogP contribution in [0.1, 0.15) is 33.1 Å². The van der Waals surface area contributed by atoms with Crippen molar-refractivity contribution in [1.82, 2.24) is 14.9 Å². The predicted octanol–water partition coefficient (Wildman–Crippen LogP) is 6.03. The number of halogens is 1. The van der Waals surface area contributed by atoms with Gasteiger partial charge in [-0.1, -0.05) is 36.7 Å². The Kier molecular flexibility index (Phi) is 8.55. The molecular formula is C27H33ClN6O. The summed E-state index contributed by atoms with van der Waals surface area (Å²) in [7, 11) is 0. The molecule has 1 aliphatic heterocycles. The van der Waals surface area contributed by atoms with Crippen molar-refractivity contribution in [2.75, 3.05) is 42.1 Å². The molecule has 0 radical (unpaired) electrons. The Bertz CT molecular complexity index is 1150. The van der Waals surface area contributed by atoms with Gasteiger partial charge in [-0.15, -0.1) is 0 Å². The van der Waals surface area contributed by atoms with Gasteiger partial charge in [0, 0.05) is 36.1 Å². The maximum absolute atomic E-state index is 11.4. The monoisotopic (exact) mass is 492 g/mol. The number of piperidine rings is 1. The fourth-order valence-electron chi connectivity index (χ4n) is 4.23. The molecule has 7 nitrogen and oxygen atoms in total. The fraction of sp³-hybridized carbons (Fsp3) is 0.370. The summed E-state index contributed by atoms with van der Waals surface area (Å²) in [5.41, 5.74) is 4.02. The highest BCUT2D eigenvalue weighted by molar-refractivity contribution is 6.32. The lowest BCUT2D eigenvalue weighted by molar-refractivity contribution is -0.114. The minimum atomic E-state index is -0.132. The summed E-state index contributed by atoms with van der Waals surface area (Å²) >= 11 is 6.40. The van der Waals surface area contributed by atoms with E-state index in [1.54, 1.807) is 6.20 Å². The average molecular weight is 493 g/mol. The van der Waals surface area contributed by atoms with Gasteiger partial charge in [0.05, 0.1) is 16.9 Å². The van der Waals surface area contributed by atoms with Gasteiger partial charge < -0.3 is 20.9 Å². The molecule has 1 fully saturated rings. The van der Waals surface area contributed by atoms with E-state index < -0.39 is 0 Å². The SMILES string of the molecule is CC(=O)Nc1cccc(-c2nc(Nc3cccc(NCCCN4CCC(C)CC4)c3)ncc2Cl)c1. The second kappa shape index (κ2) is 12.0. The van der Waals surface area contributed by atoms with E-state index in [4.69, 9.17) is 11.6 Å². The number of aromatic nitrogens is 2. The minimum absolute atomic E-state index is 0.132. The number of likely N-dealkylation sites (tertiary alicyclic amines) is 1. The Morgan fingerprint density at radius 2 is 1.83 bits per heavy atom. The molecular weight excluding hydrogens is 460 g/mol. The van der Waals surface area contributed by atoms with E-state index in [1.165, 1.54) is 32.9 Å². The van der Waals surface area contributed by atoms with Crippen molar-refractivity contribution in [3.8, 4) is 11.3 Å². The van der Waals surface area contributed by atoms with E-state index in [2.05, 4.69) is 49.9 Å². The number of benzene rings is 2. The molecule has 3 N–H and O–H groups in total. The average Bonchev–Trinajstić information content (AvgIpc) is 2.84. The summed E-state index contributed by atoms with van der Waals surface area (Å²) < 4.78 is 0. The van der Waals surface area contributed by atoms with Crippen molar-refractivity contribution in [1.29, 1.82) is 0 Å². The smallest absolute Gasteiger partial charge is 0.227 e. The first-order valence-corrected chi connectivity index (χ1v) is 12.6. The van der Waals surface area contributed by atoms with Crippen LogP contribution in [0.4, 0.5) is 23.0 Å². The Labute approximate surface area is 212 Å². The summed E-state index contributed by atoms with van der Waals surface area (Å²) in [6, 6.07) is 15.5. The first-order chi connectivity index (χ1) is 17.0. The standard InChI is InChI=1S/C27H33ClN6O/c1-19-10-14-34(15-11-19)13-5-12-29-22-7-4-9-24(17-22)32-27-30-18-25(28)26(33-27)21-6-3-8-23(16-21)31-20(2)35/h3-4,6-9,16-19,29H,5,10-15H2,1-2H3,(H,31,35)(H,30,32,33). The van der Waals surface area contributed by atoms with Crippen LogP contribution in [0.5, 0.6) is 0 Å². The van der Waals surface area contributed by atoms with Crippen LogP contribution in [-0.2, 0) is 4.79 Å². The zero-order valence-corrected chi connectivity index (χ0v) is 21.1. The molecule has 184 valence electrons. The van der Waals surface area contributed by atoms with Crippen molar-refractivity contribution in [3.05, 3.63) is 59.8 Å². The highest BCUT2D eigenvalue weighted by atomic mass is 35.5. The molecule has 0 aliphatic carbocycles. The molecule has 1 aromatic heterocycles. The first kappa shape index (κ1) is 24.9. The molecule has 2 heterocycles. The molecule has 3 aromatic rings. The molecule has 0 bridgehead atoms. The van der Waals surface area contributed by atoms with Crippen molar-refractivity contribution >= 4 is 40.5 Å². The number of rotatable bonds is 9. The van der Waals surface area contributed by atoms with Crippen LogP contribution in [0.2, 0.25) is 5.02 Å². The fourth-order valence-corrected chi connectivity index (χ4v) is 4.43. The van der Waals surface area contributed by atoms with Gasteiger partial charge in [-0.05, 0) is 75.1 Å². The minimum Gasteiger partial charge on any atom is -0.385 e. The Morgan fingerprint density at radius 1 is 1.09 bits per heavy atom. The van der Waals surface area contributed by atoms with E-state index in [0.29, 0.717) is 22.4 Å². The lowest BCUT2D eigenvalue weighted by Gasteiger charge is -2.30. The van der Waals surface area contributed by atoms with Crippen LogP contribution < -0.4 is 16.0 Å².